The van der Waals surface area contributed by atoms with Gasteiger partial charge in [0.05, 0.1) is 5.60 Å². The van der Waals surface area contributed by atoms with Gasteiger partial charge in [-0.3, -0.25) is 0 Å². The molecule has 0 aromatic heterocycles. The lowest BCUT2D eigenvalue weighted by Crippen LogP contribution is -2.36. The van der Waals surface area contributed by atoms with Crippen molar-refractivity contribution in [1.29, 1.82) is 0 Å². The zero-order chi connectivity index (χ0) is 11.7. The number of benzene rings is 1. The van der Waals surface area contributed by atoms with Crippen LogP contribution in [0.4, 0.5) is 0 Å². The van der Waals surface area contributed by atoms with Crippen molar-refractivity contribution >= 4 is 11.8 Å². The lowest BCUT2D eigenvalue weighted by molar-refractivity contribution is -0.0471. The summed E-state index contributed by atoms with van der Waals surface area (Å²) in [7, 11) is 0. The Kier molecular flexibility index (Phi) is 3.51. The number of hydrogen-bond donors (Lipinski definition) is 1. The van der Waals surface area contributed by atoms with Crippen molar-refractivity contribution in [2.24, 2.45) is 5.41 Å². The van der Waals surface area contributed by atoms with Gasteiger partial charge in [0.2, 0.25) is 0 Å². The first-order valence-electron chi connectivity index (χ1n) is 5.16. The second kappa shape index (κ2) is 4.18. The van der Waals surface area contributed by atoms with Crippen molar-refractivity contribution in [2.45, 2.75) is 38.2 Å². The van der Waals surface area contributed by atoms with E-state index < -0.39 is 5.60 Å². The third kappa shape index (κ3) is 2.56. The van der Waals surface area contributed by atoms with Gasteiger partial charge in [0.1, 0.15) is 0 Å². The smallest absolute Gasteiger partial charge is 0.0916 e. The summed E-state index contributed by atoms with van der Waals surface area (Å²) < 4.78 is 0. The molecule has 84 valence electrons. The molecule has 0 aliphatic carbocycles. The molecule has 1 rings (SSSR count). The molecule has 1 aromatic rings. The van der Waals surface area contributed by atoms with Crippen LogP contribution in [0.2, 0.25) is 0 Å². The molecule has 0 fully saturated rings. The van der Waals surface area contributed by atoms with E-state index in [1.54, 1.807) is 11.8 Å². The van der Waals surface area contributed by atoms with Crippen molar-refractivity contribution in [2.75, 3.05) is 6.26 Å². The van der Waals surface area contributed by atoms with Gasteiger partial charge in [0, 0.05) is 4.90 Å². The van der Waals surface area contributed by atoms with E-state index in [-0.39, 0.29) is 5.41 Å². The van der Waals surface area contributed by atoms with Gasteiger partial charge in [0.15, 0.2) is 0 Å². The van der Waals surface area contributed by atoms with E-state index in [2.05, 4.69) is 32.9 Å². The van der Waals surface area contributed by atoms with E-state index in [9.17, 15) is 5.11 Å². The third-order valence-corrected chi connectivity index (χ3v) is 3.82. The highest BCUT2D eigenvalue weighted by molar-refractivity contribution is 7.98. The Morgan fingerprint density at radius 3 is 2.20 bits per heavy atom. The average Bonchev–Trinajstić information content (AvgIpc) is 2.16. The molecule has 0 heterocycles. The van der Waals surface area contributed by atoms with Crippen LogP contribution in [0.1, 0.15) is 33.3 Å². The zero-order valence-corrected chi connectivity index (χ0v) is 11.0. The number of aliphatic hydroxyl groups is 1. The SMILES string of the molecule is CSc1cccc(C(C)(O)C(C)(C)C)c1. The largest absolute Gasteiger partial charge is 0.385 e. The summed E-state index contributed by atoms with van der Waals surface area (Å²) in [6, 6.07) is 8.12. The maximum Gasteiger partial charge on any atom is 0.0916 e. The predicted molar refractivity (Wildman–Crippen MR) is 67.2 cm³/mol. The molecule has 2 heteroatoms. The average molecular weight is 224 g/mol. The maximum atomic E-state index is 10.5. The zero-order valence-electron chi connectivity index (χ0n) is 10.2. The van der Waals surface area contributed by atoms with Crippen LogP contribution < -0.4 is 0 Å². The molecule has 1 aromatic carbocycles. The molecule has 1 N–H and O–H groups in total. The molecule has 0 saturated carbocycles. The summed E-state index contributed by atoms with van der Waals surface area (Å²) in [5.74, 6) is 0. The van der Waals surface area contributed by atoms with Crippen LogP contribution >= 0.6 is 11.8 Å². The van der Waals surface area contributed by atoms with Crippen LogP contribution in [0.5, 0.6) is 0 Å². The minimum Gasteiger partial charge on any atom is -0.385 e. The summed E-state index contributed by atoms with van der Waals surface area (Å²) in [5.41, 5.74) is 0.0322. The van der Waals surface area contributed by atoms with Crippen molar-refractivity contribution < 1.29 is 5.11 Å². The van der Waals surface area contributed by atoms with Gasteiger partial charge < -0.3 is 5.11 Å². The van der Waals surface area contributed by atoms with Crippen molar-refractivity contribution in [3.8, 4) is 0 Å². The monoisotopic (exact) mass is 224 g/mol. The predicted octanol–water partition coefficient (Wildman–Crippen LogP) is 3.66. The van der Waals surface area contributed by atoms with Gasteiger partial charge in [-0.05, 0) is 36.3 Å². The van der Waals surface area contributed by atoms with Crippen LogP contribution in [0.25, 0.3) is 0 Å². The summed E-state index contributed by atoms with van der Waals surface area (Å²) in [4.78, 5) is 1.19. The second-order valence-electron chi connectivity index (χ2n) is 5.05. The maximum absolute atomic E-state index is 10.5. The summed E-state index contributed by atoms with van der Waals surface area (Å²) in [6.45, 7) is 8.04. The van der Waals surface area contributed by atoms with E-state index in [1.807, 2.05) is 25.3 Å². The fourth-order valence-electron chi connectivity index (χ4n) is 1.36. The van der Waals surface area contributed by atoms with E-state index in [0.717, 1.165) is 5.56 Å². The molecule has 0 saturated heterocycles. The molecule has 15 heavy (non-hydrogen) atoms. The number of thioether (sulfide) groups is 1. The third-order valence-electron chi connectivity index (χ3n) is 3.09. The molecule has 1 unspecified atom stereocenters. The van der Waals surface area contributed by atoms with Gasteiger partial charge in [-0.1, -0.05) is 32.9 Å². The van der Waals surface area contributed by atoms with Crippen LogP contribution in [0, 0.1) is 5.41 Å². The van der Waals surface area contributed by atoms with Crippen LogP contribution in [0.15, 0.2) is 29.2 Å². The summed E-state index contributed by atoms with van der Waals surface area (Å²) in [6.07, 6.45) is 2.05. The Labute approximate surface area is 96.9 Å². The van der Waals surface area contributed by atoms with Crippen molar-refractivity contribution in [3.63, 3.8) is 0 Å². The number of hydrogen-bond acceptors (Lipinski definition) is 2. The molecule has 0 bridgehead atoms. The molecular formula is C13H20OS. The van der Waals surface area contributed by atoms with Gasteiger partial charge in [-0.25, -0.2) is 0 Å². The van der Waals surface area contributed by atoms with E-state index in [4.69, 9.17) is 0 Å². The first-order valence-corrected chi connectivity index (χ1v) is 6.38. The lowest BCUT2D eigenvalue weighted by atomic mass is 9.73. The van der Waals surface area contributed by atoms with Gasteiger partial charge >= 0.3 is 0 Å². The minimum absolute atomic E-state index is 0.163. The molecule has 0 radical (unpaired) electrons. The van der Waals surface area contributed by atoms with Crippen molar-refractivity contribution in [3.05, 3.63) is 29.8 Å². The van der Waals surface area contributed by atoms with Gasteiger partial charge in [-0.15, -0.1) is 11.8 Å². The molecular weight excluding hydrogens is 204 g/mol. The van der Waals surface area contributed by atoms with Crippen LogP contribution in [0.3, 0.4) is 0 Å². The minimum atomic E-state index is -0.793. The molecule has 1 atom stereocenters. The summed E-state index contributed by atoms with van der Waals surface area (Å²) >= 11 is 1.70. The Morgan fingerprint density at radius 2 is 1.73 bits per heavy atom. The lowest BCUT2D eigenvalue weighted by Gasteiger charge is -2.37. The second-order valence-corrected chi connectivity index (χ2v) is 5.93. The Hall–Kier alpha value is -0.470. The van der Waals surface area contributed by atoms with E-state index >= 15 is 0 Å². The molecule has 0 amide bonds. The molecule has 0 aliphatic heterocycles. The van der Waals surface area contributed by atoms with Crippen LogP contribution in [-0.2, 0) is 5.60 Å². The fraction of sp³-hybridized carbons (Fsp3) is 0.538. The highest BCUT2D eigenvalue weighted by atomic mass is 32.2. The quantitative estimate of drug-likeness (QED) is 0.774. The standard InChI is InChI=1S/C13H20OS/c1-12(2,3)13(4,14)10-7-6-8-11(9-10)15-5/h6-9,14H,1-5H3. The van der Waals surface area contributed by atoms with Crippen LogP contribution in [-0.4, -0.2) is 11.4 Å². The van der Waals surface area contributed by atoms with Gasteiger partial charge in [-0.2, -0.15) is 0 Å². The Balaban J connectivity index is 3.15. The highest BCUT2D eigenvalue weighted by Gasteiger charge is 2.36. The first kappa shape index (κ1) is 12.6. The van der Waals surface area contributed by atoms with E-state index in [1.165, 1.54) is 4.90 Å². The molecule has 0 aliphatic rings. The van der Waals surface area contributed by atoms with E-state index in [0.29, 0.717) is 0 Å². The Morgan fingerprint density at radius 1 is 1.13 bits per heavy atom. The first-order chi connectivity index (χ1) is 6.79. The van der Waals surface area contributed by atoms with Crippen molar-refractivity contribution in [1.82, 2.24) is 0 Å². The topological polar surface area (TPSA) is 20.2 Å². The van der Waals surface area contributed by atoms with Gasteiger partial charge in [0.25, 0.3) is 0 Å². The summed E-state index contributed by atoms with van der Waals surface area (Å²) in [5, 5.41) is 10.5. The molecule has 0 spiro atoms. The fourth-order valence-corrected chi connectivity index (χ4v) is 1.82. The molecule has 1 nitrogen and oxygen atoms in total. The number of rotatable bonds is 2. The Bertz CT molecular complexity index is 337. The highest BCUT2D eigenvalue weighted by Crippen LogP contribution is 2.39. The normalized spacial score (nSPS) is 16.1.